The third-order valence-electron chi connectivity index (χ3n) is 4.77. The van der Waals surface area contributed by atoms with Gasteiger partial charge in [-0.25, -0.2) is 0 Å². The highest BCUT2D eigenvalue weighted by Gasteiger charge is 2.19. The van der Waals surface area contributed by atoms with Gasteiger partial charge in [0.1, 0.15) is 0 Å². The van der Waals surface area contributed by atoms with E-state index in [1.807, 2.05) is 24.3 Å². The van der Waals surface area contributed by atoms with Gasteiger partial charge in [0, 0.05) is 5.92 Å². The van der Waals surface area contributed by atoms with Crippen molar-refractivity contribution in [2.75, 3.05) is 0 Å². The second-order valence-corrected chi connectivity index (χ2v) is 6.27. The minimum Gasteiger partial charge on any atom is -0.392 e. The van der Waals surface area contributed by atoms with Crippen LogP contribution in [-0.4, -0.2) is 5.11 Å². The van der Waals surface area contributed by atoms with Gasteiger partial charge in [0.05, 0.1) is 6.61 Å². The van der Waals surface area contributed by atoms with Crippen molar-refractivity contribution < 1.29 is 5.11 Å². The van der Waals surface area contributed by atoms with Crippen LogP contribution in [0, 0.1) is 0 Å². The van der Waals surface area contributed by atoms with Crippen molar-refractivity contribution in [3.8, 4) is 0 Å². The maximum absolute atomic E-state index is 9.88. The molecule has 0 aliphatic rings. The Labute approximate surface area is 148 Å². The summed E-state index contributed by atoms with van der Waals surface area (Å²) in [5.74, 6) is 0.138. The Morgan fingerprint density at radius 3 is 1.72 bits per heavy atom. The largest absolute Gasteiger partial charge is 0.392 e. The van der Waals surface area contributed by atoms with Crippen LogP contribution in [0.25, 0.3) is 10.8 Å². The lowest BCUT2D eigenvalue weighted by atomic mass is 9.82. The van der Waals surface area contributed by atoms with Gasteiger partial charge in [0.2, 0.25) is 0 Å². The highest BCUT2D eigenvalue weighted by molar-refractivity contribution is 5.90. The summed E-state index contributed by atoms with van der Waals surface area (Å²) in [6.07, 6.45) is 0. The normalized spacial score (nSPS) is 11.1. The van der Waals surface area contributed by atoms with Crippen LogP contribution in [-0.2, 0) is 6.61 Å². The molecule has 0 heterocycles. The molecule has 0 radical (unpaired) electrons. The minimum absolute atomic E-state index is 0.0463. The first-order valence-corrected chi connectivity index (χ1v) is 8.60. The first-order valence-electron chi connectivity index (χ1n) is 8.60. The molecule has 1 nitrogen and oxygen atoms in total. The van der Waals surface area contributed by atoms with Gasteiger partial charge in [-0.15, -0.1) is 0 Å². The highest BCUT2D eigenvalue weighted by Crippen LogP contribution is 2.37. The fourth-order valence-electron chi connectivity index (χ4n) is 3.66. The van der Waals surface area contributed by atoms with Gasteiger partial charge in [-0.1, -0.05) is 97.1 Å². The number of hydrogen-bond donors (Lipinski definition) is 1. The maximum Gasteiger partial charge on any atom is 0.0687 e. The zero-order valence-corrected chi connectivity index (χ0v) is 14.0. The molecular formula is C24H20O. The molecule has 0 saturated heterocycles. The second kappa shape index (κ2) is 6.92. The van der Waals surface area contributed by atoms with Crippen LogP contribution < -0.4 is 0 Å². The fourth-order valence-corrected chi connectivity index (χ4v) is 3.66. The summed E-state index contributed by atoms with van der Waals surface area (Å²) in [4.78, 5) is 0. The van der Waals surface area contributed by atoms with Crippen LogP contribution >= 0.6 is 0 Å². The molecule has 0 atom stereocenters. The predicted octanol–water partition coefficient (Wildman–Crippen LogP) is 5.51. The number of aliphatic hydroxyl groups excluding tert-OH is 1. The van der Waals surface area contributed by atoms with Crippen LogP contribution in [0.5, 0.6) is 0 Å². The minimum atomic E-state index is 0.0463. The van der Waals surface area contributed by atoms with Crippen molar-refractivity contribution in [3.05, 3.63) is 119 Å². The van der Waals surface area contributed by atoms with Crippen molar-refractivity contribution in [2.45, 2.75) is 12.5 Å². The van der Waals surface area contributed by atoms with Gasteiger partial charge < -0.3 is 5.11 Å². The topological polar surface area (TPSA) is 20.2 Å². The number of rotatable bonds is 4. The zero-order valence-electron chi connectivity index (χ0n) is 14.0. The van der Waals surface area contributed by atoms with Crippen LogP contribution in [0.1, 0.15) is 28.2 Å². The summed E-state index contributed by atoms with van der Waals surface area (Å²) in [5.41, 5.74) is 4.73. The summed E-state index contributed by atoms with van der Waals surface area (Å²) < 4.78 is 0. The van der Waals surface area contributed by atoms with Gasteiger partial charge in [-0.05, 0) is 33.0 Å². The van der Waals surface area contributed by atoms with Crippen molar-refractivity contribution >= 4 is 10.8 Å². The lowest BCUT2D eigenvalue weighted by Gasteiger charge is -2.22. The third-order valence-corrected chi connectivity index (χ3v) is 4.77. The Morgan fingerprint density at radius 2 is 1.16 bits per heavy atom. The molecule has 4 aromatic rings. The summed E-state index contributed by atoms with van der Waals surface area (Å²) in [6, 6.07) is 33.7. The molecule has 0 amide bonds. The molecule has 0 saturated carbocycles. The van der Waals surface area contributed by atoms with Gasteiger partial charge in [-0.2, -0.15) is 0 Å². The Hall–Kier alpha value is -2.90. The zero-order chi connectivity index (χ0) is 17.1. The first kappa shape index (κ1) is 15.6. The molecule has 0 aromatic heterocycles. The van der Waals surface area contributed by atoms with Crippen molar-refractivity contribution in [1.29, 1.82) is 0 Å². The first-order chi connectivity index (χ1) is 12.4. The molecule has 0 aliphatic heterocycles. The molecule has 0 aliphatic carbocycles. The fraction of sp³-hybridized carbons (Fsp3) is 0.0833. The molecule has 0 spiro atoms. The lowest BCUT2D eigenvalue weighted by Crippen LogP contribution is -2.05. The van der Waals surface area contributed by atoms with Crippen molar-refractivity contribution in [2.24, 2.45) is 0 Å². The number of aliphatic hydroxyl groups is 1. The average Bonchev–Trinajstić information content (AvgIpc) is 2.69. The SMILES string of the molecule is OCc1cccc2cccc(C(c3ccccc3)c3ccccc3)c12. The van der Waals surface area contributed by atoms with E-state index in [0.29, 0.717) is 0 Å². The van der Waals surface area contributed by atoms with Crippen LogP contribution in [0.2, 0.25) is 0 Å². The average molecular weight is 324 g/mol. The predicted molar refractivity (Wildman–Crippen MR) is 104 cm³/mol. The number of hydrogen-bond acceptors (Lipinski definition) is 1. The summed E-state index contributed by atoms with van der Waals surface area (Å²) >= 11 is 0. The molecule has 25 heavy (non-hydrogen) atoms. The Kier molecular flexibility index (Phi) is 4.32. The smallest absolute Gasteiger partial charge is 0.0687 e. The van der Waals surface area contributed by atoms with E-state index in [0.717, 1.165) is 10.9 Å². The van der Waals surface area contributed by atoms with E-state index >= 15 is 0 Å². The quantitative estimate of drug-likeness (QED) is 0.491. The van der Waals surface area contributed by atoms with E-state index in [1.54, 1.807) is 0 Å². The van der Waals surface area contributed by atoms with E-state index in [9.17, 15) is 5.11 Å². The molecule has 1 N–H and O–H groups in total. The Bertz CT molecular complexity index is 930. The van der Waals surface area contributed by atoms with E-state index in [2.05, 4.69) is 72.8 Å². The van der Waals surface area contributed by atoms with Gasteiger partial charge in [-0.3, -0.25) is 0 Å². The molecule has 4 aromatic carbocycles. The molecule has 0 unspecified atom stereocenters. The standard InChI is InChI=1S/C24H20O/c25-17-21-15-7-13-20-14-8-16-22(24(20)21)23(18-9-3-1-4-10-18)19-11-5-2-6-12-19/h1-16,23,25H,17H2. The van der Waals surface area contributed by atoms with Crippen LogP contribution in [0.4, 0.5) is 0 Å². The van der Waals surface area contributed by atoms with Gasteiger partial charge in [0.15, 0.2) is 0 Å². The van der Waals surface area contributed by atoms with E-state index in [4.69, 9.17) is 0 Å². The van der Waals surface area contributed by atoms with E-state index < -0.39 is 0 Å². The van der Waals surface area contributed by atoms with Crippen LogP contribution in [0.15, 0.2) is 97.1 Å². The lowest BCUT2D eigenvalue weighted by molar-refractivity contribution is 0.283. The summed E-state index contributed by atoms with van der Waals surface area (Å²) in [7, 11) is 0. The number of benzene rings is 4. The summed E-state index contributed by atoms with van der Waals surface area (Å²) in [6.45, 7) is 0.0463. The Morgan fingerprint density at radius 1 is 0.600 bits per heavy atom. The maximum atomic E-state index is 9.88. The Balaban J connectivity index is 2.02. The van der Waals surface area contributed by atoms with E-state index in [1.165, 1.54) is 22.1 Å². The number of fused-ring (bicyclic) bond motifs is 1. The van der Waals surface area contributed by atoms with Gasteiger partial charge in [0.25, 0.3) is 0 Å². The molecule has 1 heteroatoms. The molecular weight excluding hydrogens is 304 g/mol. The second-order valence-electron chi connectivity index (χ2n) is 6.27. The molecule has 0 bridgehead atoms. The van der Waals surface area contributed by atoms with Crippen molar-refractivity contribution in [1.82, 2.24) is 0 Å². The third kappa shape index (κ3) is 2.95. The summed E-state index contributed by atoms with van der Waals surface area (Å²) in [5, 5.41) is 12.2. The highest BCUT2D eigenvalue weighted by atomic mass is 16.3. The molecule has 0 fully saturated rings. The molecule has 4 rings (SSSR count). The van der Waals surface area contributed by atoms with Crippen LogP contribution in [0.3, 0.4) is 0 Å². The monoisotopic (exact) mass is 324 g/mol. The van der Waals surface area contributed by atoms with Gasteiger partial charge >= 0.3 is 0 Å². The molecule has 122 valence electrons. The van der Waals surface area contributed by atoms with Crippen molar-refractivity contribution in [3.63, 3.8) is 0 Å². The van der Waals surface area contributed by atoms with E-state index in [-0.39, 0.29) is 12.5 Å².